The molecule has 1 heterocycles. The summed E-state index contributed by atoms with van der Waals surface area (Å²) >= 11 is 0. The third-order valence-corrected chi connectivity index (χ3v) is 4.00. The standard InChI is InChI=1S/C13H12N2O5S/c1-20-12-11(3-2-8-14-12)15-21(18,19)10-6-4-9(5-7-10)13(16)17/h2-8,15H,1H3,(H,16,17). The van der Waals surface area contributed by atoms with Crippen LogP contribution in [0, 0.1) is 0 Å². The molecule has 1 aromatic carbocycles. The molecule has 7 nitrogen and oxygen atoms in total. The summed E-state index contributed by atoms with van der Waals surface area (Å²) in [6, 6.07) is 7.95. The Balaban J connectivity index is 2.32. The Morgan fingerprint density at radius 3 is 2.48 bits per heavy atom. The number of methoxy groups -OCH3 is 1. The van der Waals surface area contributed by atoms with Gasteiger partial charge < -0.3 is 9.84 Å². The van der Waals surface area contributed by atoms with Crippen LogP contribution in [0.5, 0.6) is 5.88 Å². The van der Waals surface area contributed by atoms with Gasteiger partial charge >= 0.3 is 5.97 Å². The average molecular weight is 308 g/mol. The minimum Gasteiger partial charge on any atom is -0.480 e. The third kappa shape index (κ3) is 3.29. The molecular formula is C13H12N2O5S. The molecule has 0 fully saturated rings. The van der Waals surface area contributed by atoms with Gasteiger partial charge in [-0.15, -0.1) is 0 Å². The quantitative estimate of drug-likeness (QED) is 0.869. The molecule has 1 aromatic heterocycles. The molecule has 110 valence electrons. The molecule has 0 bridgehead atoms. The number of pyridine rings is 1. The maximum Gasteiger partial charge on any atom is 0.335 e. The van der Waals surface area contributed by atoms with E-state index in [0.29, 0.717) is 0 Å². The normalized spacial score (nSPS) is 10.9. The Morgan fingerprint density at radius 1 is 1.24 bits per heavy atom. The van der Waals surface area contributed by atoms with Crippen LogP contribution in [0.2, 0.25) is 0 Å². The van der Waals surface area contributed by atoms with Crippen molar-refractivity contribution in [1.82, 2.24) is 4.98 Å². The summed E-state index contributed by atoms with van der Waals surface area (Å²) in [6.07, 6.45) is 1.47. The molecule has 0 aliphatic rings. The summed E-state index contributed by atoms with van der Waals surface area (Å²) in [6.45, 7) is 0. The molecular weight excluding hydrogens is 296 g/mol. The van der Waals surface area contributed by atoms with Crippen molar-refractivity contribution in [3.63, 3.8) is 0 Å². The van der Waals surface area contributed by atoms with Crippen molar-refractivity contribution in [2.75, 3.05) is 11.8 Å². The number of carboxylic acid groups (broad SMARTS) is 1. The van der Waals surface area contributed by atoms with Crippen LogP contribution in [0.4, 0.5) is 5.69 Å². The Labute approximate surface area is 121 Å². The van der Waals surface area contributed by atoms with Crippen LogP contribution in [0.1, 0.15) is 10.4 Å². The van der Waals surface area contributed by atoms with Gasteiger partial charge in [0.05, 0.1) is 17.6 Å². The van der Waals surface area contributed by atoms with Gasteiger partial charge in [-0.05, 0) is 36.4 Å². The van der Waals surface area contributed by atoms with E-state index in [1.165, 1.54) is 43.6 Å². The molecule has 0 saturated heterocycles. The Hall–Kier alpha value is -2.61. The molecule has 8 heteroatoms. The topological polar surface area (TPSA) is 106 Å². The molecule has 0 unspecified atom stereocenters. The summed E-state index contributed by atoms with van der Waals surface area (Å²) in [5, 5.41) is 8.79. The van der Waals surface area contributed by atoms with Crippen molar-refractivity contribution in [3.05, 3.63) is 48.2 Å². The van der Waals surface area contributed by atoms with Gasteiger partial charge in [0, 0.05) is 6.20 Å². The van der Waals surface area contributed by atoms with Gasteiger partial charge in [0.2, 0.25) is 5.88 Å². The SMILES string of the molecule is COc1ncccc1NS(=O)(=O)c1ccc(C(=O)O)cc1. The summed E-state index contributed by atoms with van der Waals surface area (Å²) in [4.78, 5) is 14.6. The summed E-state index contributed by atoms with van der Waals surface area (Å²) in [7, 11) is -2.47. The number of aromatic carboxylic acids is 1. The van der Waals surface area contributed by atoms with Gasteiger partial charge in [-0.2, -0.15) is 0 Å². The van der Waals surface area contributed by atoms with Crippen LogP contribution in [0.3, 0.4) is 0 Å². The first-order valence-corrected chi connectivity index (χ1v) is 7.27. The lowest BCUT2D eigenvalue weighted by Crippen LogP contribution is -2.14. The predicted octanol–water partition coefficient (Wildman–Crippen LogP) is 1.59. The second-order valence-electron chi connectivity index (χ2n) is 4.00. The highest BCUT2D eigenvalue weighted by Crippen LogP contribution is 2.23. The first-order chi connectivity index (χ1) is 9.94. The van der Waals surface area contributed by atoms with Gasteiger partial charge in [0.1, 0.15) is 5.69 Å². The van der Waals surface area contributed by atoms with E-state index >= 15 is 0 Å². The van der Waals surface area contributed by atoms with E-state index < -0.39 is 16.0 Å². The van der Waals surface area contributed by atoms with E-state index in [1.54, 1.807) is 6.07 Å². The molecule has 0 saturated carbocycles. The zero-order valence-electron chi connectivity index (χ0n) is 11.0. The molecule has 2 N–H and O–H groups in total. The third-order valence-electron chi connectivity index (χ3n) is 2.62. The minimum absolute atomic E-state index is 0.00732. The van der Waals surface area contributed by atoms with Crippen molar-refractivity contribution in [2.45, 2.75) is 4.90 Å². The van der Waals surface area contributed by atoms with Crippen LogP contribution < -0.4 is 9.46 Å². The lowest BCUT2D eigenvalue weighted by molar-refractivity contribution is 0.0696. The first-order valence-electron chi connectivity index (χ1n) is 5.79. The van der Waals surface area contributed by atoms with E-state index in [9.17, 15) is 13.2 Å². The monoisotopic (exact) mass is 308 g/mol. The molecule has 2 aromatic rings. The smallest absolute Gasteiger partial charge is 0.335 e. The van der Waals surface area contributed by atoms with E-state index in [-0.39, 0.29) is 22.0 Å². The molecule has 21 heavy (non-hydrogen) atoms. The summed E-state index contributed by atoms with van der Waals surface area (Å²) < 4.78 is 31.7. The lowest BCUT2D eigenvalue weighted by Gasteiger charge is -2.10. The highest BCUT2D eigenvalue weighted by molar-refractivity contribution is 7.92. The van der Waals surface area contributed by atoms with Crippen molar-refractivity contribution >= 4 is 21.7 Å². The minimum atomic E-state index is -3.85. The van der Waals surface area contributed by atoms with Gasteiger partial charge in [-0.25, -0.2) is 18.2 Å². The second kappa shape index (κ2) is 5.80. The van der Waals surface area contributed by atoms with Crippen LogP contribution in [-0.4, -0.2) is 31.6 Å². The van der Waals surface area contributed by atoms with Crippen LogP contribution in [0.25, 0.3) is 0 Å². The largest absolute Gasteiger partial charge is 0.480 e. The number of carbonyl (C=O) groups is 1. The Morgan fingerprint density at radius 2 is 1.90 bits per heavy atom. The van der Waals surface area contributed by atoms with Crippen LogP contribution in [-0.2, 0) is 10.0 Å². The van der Waals surface area contributed by atoms with Gasteiger partial charge in [-0.1, -0.05) is 0 Å². The van der Waals surface area contributed by atoms with Crippen LogP contribution in [0.15, 0.2) is 47.5 Å². The van der Waals surface area contributed by atoms with Crippen molar-refractivity contribution in [2.24, 2.45) is 0 Å². The number of hydrogen-bond donors (Lipinski definition) is 2. The number of anilines is 1. The number of nitrogens with zero attached hydrogens (tertiary/aromatic N) is 1. The Kier molecular flexibility index (Phi) is 4.08. The fraction of sp³-hybridized carbons (Fsp3) is 0.0769. The molecule has 0 aliphatic carbocycles. The fourth-order valence-corrected chi connectivity index (χ4v) is 2.67. The van der Waals surface area contributed by atoms with E-state index in [1.807, 2.05) is 0 Å². The summed E-state index contributed by atoms with van der Waals surface area (Å²) in [5.41, 5.74) is 0.204. The number of carboxylic acids is 1. The highest BCUT2D eigenvalue weighted by Gasteiger charge is 2.17. The molecule has 0 radical (unpaired) electrons. The molecule has 0 spiro atoms. The molecule has 0 aliphatic heterocycles. The van der Waals surface area contributed by atoms with Gasteiger partial charge in [-0.3, -0.25) is 4.72 Å². The molecule has 0 amide bonds. The maximum atomic E-state index is 12.2. The number of ether oxygens (including phenoxy) is 1. The fourth-order valence-electron chi connectivity index (χ4n) is 1.61. The van der Waals surface area contributed by atoms with Gasteiger partial charge in [0.15, 0.2) is 0 Å². The van der Waals surface area contributed by atoms with E-state index in [0.717, 1.165) is 0 Å². The average Bonchev–Trinajstić information content (AvgIpc) is 2.47. The lowest BCUT2D eigenvalue weighted by atomic mass is 10.2. The highest BCUT2D eigenvalue weighted by atomic mass is 32.2. The second-order valence-corrected chi connectivity index (χ2v) is 5.68. The number of aromatic nitrogens is 1. The number of nitrogens with one attached hydrogen (secondary N) is 1. The maximum absolute atomic E-state index is 12.2. The predicted molar refractivity (Wildman–Crippen MR) is 75.0 cm³/mol. The zero-order chi connectivity index (χ0) is 15.5. The number of sulfonamides is 1. The number of hydrogen-bond acceptors (Lipinski definition) is 5. The van der Waals surface area contributed by atoms with E-state index in [2.05, 4.69) is 9.71 Å². The van der Waals surface area contributed by atoms with Crippen molar-refractivity contribution in [1.29, 1.82) is 0 Å². The number of benzene rings is 1. The molecule has 0 atom stereocenters. The first kappa shape index (κ1) is 14.8. The van der Waals surface area contributed by atoms with Crippen molar-refractivity contribution in [3.8, 4) is 5.88 Å². The van der Waals surface area contributed by atoms with Crippen molar-refractivity contribution < 1.29 is 23.1 Å². The Bertz CT molecular complexity index is 756. The summed E-state index contributed by atoms with van der Waals surface area (Å²) in [5.74, 6) is -0.982. The van der Waals surface area contributed by atoms with Gasteiger partial charge in [0.25, 0.3) is 10.0 Å². The van der Waals surface area contributed by atoms with Crippen LogP contribution >= 0.6 is 0 Å². The number of rotatable bonds is 5. The zero-order valence-corrected chi connectivity index (χ0v) is 11.8. The van der Waals surface area contributed by atoms with E-state index in [4.69, 9.17) is 9.84 Å². The molecule has 2 rings (SSSR count).